The average molecular weight is 299 g/mol. The molecule has 0 spiro atoms. The van der Waals surface area contributed by atoms with Crippen LogP contribution in [0.4, 0.5) is 5.82 Å². The molecule has 22 heavy (non-hydrogen) atoms. The van der Waals surface area contributed by atoms with E-state index in [1.807, 2.05) is 0 Å². The number of aliphatic hydroxyl groups is 1. The maximum atomic E-state index is 10.2. The van der Waals surface area contributed by atoms with E-state index in [9.17, 15) is 5.11 Å². The fourth-order valence-electron chi connectivity index (χ4n) is 3.24. The van der Waals surface area contributed by atoms with Gasteiger partial charge in [0, 0.05) is 31.4 Å². The van der Waals surface area contributed by atoms with E-state index < -0.39 is 6.10 Å². The number of aromatic nitrogens is 5. The van der Waals surface area contributed by atoms with Crippen LogP contribution in [0.3, 0.4) is 0 Å². The topological polar surface area (TPSA) is 106 Å². The van der Waals surface area contributed by atoms with Crippen LogP contribution >= 0.6 is 0 Å². The van der Waals surface area contributed by atoms with Crippen LogP contribution in [0.5, 0.6) is 0 Å². The SMILES string of the molecule is Nc1ncnc2c1CC=C2CN1CC(n2ccnn2)[C@@H](O)C1. The number of likely N-dealkylation sites (tertiary alicyclic amines) is 1. The Bertz CT molecular complexity index is 712. The van der Waals surface area contributed by atoms with Gasteiger partial charge in [-0.3, -0.25) is 4.90 Å². The van der Waals surface area contributed by atoms with Gasteiger partial charge in [-0.05, 0) is 12.0 Å². The van der Waals surface area contributed by atoms with Gasteiger partial charge < -0.3 is 10.8 Å². The van der Waals surface area contributed by atoms with Gasteiger partial charge >= 0.3 is 0 Å². The van der Waals surface area contributed by atoms with E-state index in [1.165, 1.54) is 6.33 Å². The maximum Gasteiger partial charge on any atom is 0.130 e. The van der Waals surface area contributed by atoms with Crippen LogP contribution in [0, 0.1) is 0 Å². The van der Waals surface area contributed by atoms with Crippen molar-refractivity contribution in [3.63, 3.8) is 0 Å². The highest BCUT2D eigenvalue weighted by molar-refractivity contribution is 5.74. The number of nitrogen functional groups attached to an aromatic ring is 1. The molecule has 2 aliphatic rings. The van der Waals surface area contributed by atoms with Crippen LogP contribution in [0.2, 0.25) is 0 Å². The molecule has 114 valence electrons. The highest BCUT2D eigenvalue weighted by atomic mass is 16.3. The molecule has 1 aliphatic carbocycles. The van der Waals surface area contributed by atoms with Crippen molar-refractivity contribution >= 4 is 11.4 Å². The first-order chi connectivity index (χ1) is 10.7. The smallest absolute Gasteiger partial charge is 0.130 e. The third kappa shape index (κ3) is 2.16. The van der Waals surface area contributed by atoms with Gasteiger partial charge in [0.05, 0.1) is 24.0 Å². The maximum absolute atomic E-state index is 10.2. The van der Waals surface area contributed by atoms with Gasteiger partial charge in [-0.1, -0.05) is 11.3 Å². The molecule has 3 heterocycles. The molecule has 0 radical (unpaired) electrons. The molecule has 3 N–H and O–H groups in total. The van der Waals surface area contributed by atoms with Crippen molar-refractivity contribution in [1.82, 2.24) is 29.9 Å². The Morgan fingerprint density at radius 3 is 3.05 bits per heavy atom. The molecule has 2 aromatic heterocycles. The molecule has 8 nitrogen and oxygen atoms in total. The zero-order valence-corrected chi connectivity index (χ0v) is 12.0. The predicted octanol–water partition coefficient (Wildman–Crippen LogP) is -0.492. The van der Waals surface area contributed by atoms with E-state index in [4.69, 9.17) is 5.73 Å². The Morgan fingerprint density at radius 1 is 1.32 bits per heavy atom. The molecule has 2 atom stereocenters. The predicted molar refractivity (Wildman–Crippen MR) is 79.6 cm³/mol. The number of aliphatic hydroxyl groups excluding tert-OH is 1. The van der Waals surface area contributed by atoms with Crippen molar-refractivity contribution < 1.29 is 5.11 Å². The highest BCUT2D eigenvalue weighted by Crippen LogP contribution is 2.30. The molecule has 4 rings (SSSR count). The minimum atomic E-state index is -0.446. The summed E-state index contributed by atoms with van der Waals surface area (Å²) in [4.78, 5) is 10.6. The Labute approximate surface area is 127 Å². The lowest BCUT2D eigenvalue weighted by Crippen LogP contribution is -2.24. The van der Waals surface area contributed by atoms with E-state index >= 15 is 0 Å². The molecule has 0 bridgehead atoms. The number of allylic oxidation sites excluding steroid dienone is 1. The van der Waals surface area contributed by atoms with Crippen LogP contribution in [0.15, 0.2) is 24.8 Å². The molecular formula is C14H17N7O. The number of hydrogen-bond donors (Lipinski definition) is 2. The minimum Gasteiger partial charge on any atom is -0.390 e. The minimum absolute atomic E-state index is 0.0561. The van der Waals surface area contributed by atoms with E-state index in [2.05, 4.69) is 31.3 Å². The summed E-state index contributed by atoms with van der Waals surface area (Å²) < 4.78 is 1.72. The first-order valence-electron chi connectivity index (χ1n) is 7.27. The summed E-state index contributed by atoms with van der Waals surface area (Å²) in [5.41, 5.74) is 8.98. The van der Waals surface area contributed by atoms with Gasteiger partial charge in [-0.25, -0.2) is 14.6 Å². The number of nitrogens with two attached hydrogens (primary N) is 1. The number of fused-ring (bicyclic) bond motifs is 1. The molecule has 1 fully saturated rings. The lowest BCUT2D eigenvalue weighted by molar-refractivity contribution is 0.139. The lowest BCUT2D eigenvalue weighted by atomic mass is 10.2. The second-order valence-electron chi connectivity index (χ2n) is 5.73. The molecule has 1 unspecified atom stereocenters. The Morgan fingerprint density at radius 2 is 2.23 bits per heavy atom. The molecule has 0 saturated carbocycles. The first-order valence-corrected chi connectivity index (χ1v) is 7.27. The number of anilines is 1. The summed E-state index contributed by atoms with van der Waals surface area (Å²) in [6.45, 7) is 2.08. The molecule has 0 aromatic carbocycles. The highest BCUT2D eigenvalue weighted by Gasteiger charge is 2.34. The van der Waals surface area contributed by atoms with Crippen molar-refractivity contribution in [2.24, 2.45) is 0 Å². The molecule has 1 aliphatic heterocycles. The van der Waals surface area contributed by atoms with E-state index in [1.54, 1.807) is 17.1 Å². The molecule has 1 saturated heterocycles. The summed E-state index contributed by atoms with van der Waals surface area (Å²) in [5, 5.41) is 18.0. The van der Waals surface area contributed by atoms with Crippen LogP contribution in [-0.2, 0) is 6.42 Å². The van der Waals surface area contributed by atoms with Crippen LogP contribution in [-0.4, -0.2) is 60.7 Å². The van der Waals surface area contributed by atoms with E-state index in [0.29, 0.717) is 12.4 Å². The zero-order chi connectivity index (χ0) is 15.1. The van der Waals surface area contributed by atoms with Crippen LogP contribution in [0.25, 0.3) is 5.57 Å². The molecule has 0 amide bonds. The van der Waals surface area contributed by atoms with Crippen LogP contribution in [0.1, 0.15) is 17.3 Å². The van der Waals surface area contributed by atoms with E-state index in [-0.39, 0.29) is 6.04 Å². The number of hydrogen-bond acceptors (Lipinski definition) is 7. The fourth-order valence-corrected chi connectivity index (χ4v) is 3.24. The van der Waals surface area contributed by atoms with Crippen molar-refractivity contribution in [2.45, 2.75) is 18.6 Å². The molecular weight excluding hydrogens is 282 g/mol. The summed E-state index contributed by atoms with van der Waals surface area (Å²) in [6, 6.07) is -0.0561. The standard InChI is InChI=1S/C14H17N7O/c15-14-10-2-1-9(13(10)16-8-17-14)5-20-6-11(12(22)7-20)21-4-3-18-19-21/h1,3-4,8,11-12,22H,2,5-7H2,(H2,15,16,17)/t11?,12-/m0/s1. The van der Waals surface area contributed by atoms with Gasteiger partial charge in [0.15, 0.2) is 0 Å². The van der Waals surface area contributed by atoms with Gasteiger partial charge in [0.25, 0.3) is 0 Å². The van der Waals surface area contributed by atoms with E-state index in [0.717, 1.165) is 36.3 Å². The number of nitrogens with zero attached hydrogens (tertiary/aromatic N) is 6. The quantitative estimate of drug-likeness (QED) is 0.787. The van der Waals surface area contributed by atoms with Crippen molar-refractivity contribution in [1.29, 1.82) is 0 Å². The van der Waals surface area contributed by atoms with Crippen molar-refractivity contribution in [3.05, 3.63) is 36.1 Å². The first kappa shape index (κ1) is 13.4. The Balaban J connectivity index is 1.49. The van der Waals surface area contributed by atoms with Crippen molar-refractivity contribution in [2.75, 3.05) is 25.4 Å². The van der Waals surface area contributed by atoms with Crippen LogP contribution < -0.4 is 5.73 Å². The zero-order valence-electron chi connectivity index (χ0n) is 12.0. The largest absolute Gasteiger partial charge is 0.390 e. The summed E-state index contributed by atoms with van der Waals surface area (Å²) in [7, 11) is 0. The number of β-amino-alcohol motifs (C(OH)–C–C–N with tert-alkyl or cyclic N) is 1. The van der Waals surface area contributed by atoms with Gasteiger partial charge in [0.1, 0.15) is 12.1 Å². The second-order valence-corrected chi connectivity index (χ2v) is 5.73. The lowest BCUT2D eigenvalue weighted by Gasteiger charge is -2.16. The normalized spacial score (nSPS) is 24.5. The number of rotatable bonds is 3. The monoisotopic (exact) mass is 299 g/mol. The van der Waals surface area contributed by atoms with Crippen molar-refractivity contribution in [3.8, 4) is 0 Å². The Kier molecular flexibility index (Phi) is 3.12. The fraction of sp³-hybridized carbons (Fsp3) is 0.429. The molecule has 2 aromatic rings. The summed E-state index contributed by atoms with van der Waals surface area (Å²) in [6.07, 6.45) is 7.40. The average Bonchev–Trinajstić information content (AvgIpc) is 3.20. The second kappa shape index (κ2) is 5.15. The summed E-state index contributed by atoms with van der Waals surface area (Å²) in [5.74, 6) is 0.554. The Hall–Kier alpha value is -2.32. The van der Waals surface area contributed by atoms with Gasteiger partial charge in [-0.15, -0.1) is 5.10 Å². The van der Waals surface area contributed by atoms with Gasteiger partial charge in [-0.2, -0.15) is 0 Å². The van der Waals surface area contributed by atoms with Gasteiger partial charge in [0.2, 0.25) is 0 Å². The summed E-state index contributed by atoms with van der Waals surface area (Å²) >= 11 is 0. The third-order valence-electron chi connectivity index (χ3n) is 4.34. The molecule has 8 heteroatoms. The third-order valence-corrected chi connectivity index (χ3v) is 4.34.